The Morgan fingerprint density at radius 3 is 2.32 bits per heavy atom. The molecule has 2 aliphatic rings. The van der Waals surface area contributed by atoms with Gasteiger partial charge in [0.2, 0.25) is 0 Å². The van der Waals surface area contributed by atoms with E-state index in [4.69, 9.17) is 0 Å². The van der Waals surface area contributed by atoms with Crippen molar-refractivity contribution < 1.29 is 18.0 Å². The van der Waals surface area contributed by atoms with Crippen molar-refractivity contribution in [1.29, 1.82) is 0 Å². The van der Waals surface area contributed by atoms with E-state index in [0.717, 1.165) is 17.2 Å². The van der Waals surface area contributed by atoms with Gasteiger partial charge in [0.25, 0.3) is 5.91 Å². The maximum absolute atomic E-state index is 13.9. The summed E-state index contributed by atoms with van der Waals surface area (Å²) >= 11 is 0. The fourth-order valence-corrected chi connectivity index (χ4v) is 4.07. The van der Waals surface area contributed by atoms with Gasteiger partial charge in [-0.25, -0.2) is 0 Å². The van der Waals surface area contributed by atoms with Crippen LogP contribution in [0.15, 0.2) is 72.9 Å². The Hall–Kier alpha value is -3.74. The van der Waals surface area contributed by atoms with Crippen LogP contribution in [0.3, 0.4) is 0 Å². The van der Waals surface area contributed by atoms with Crippen LogP contribution in [0.1, 0.15) is 22.3 Å². The molecule has 5 rings (SSSR count). The number of para-hydroxylation sites is 1. The monoisotopic (exact) mass is 421 g/mol. The van der Waals surface area contributed by atoms with Crippen molar-refractivity contribution in [2.75, 3.05) is 15.5 Å². The minimum absolute atomic E-state index is 0.144. The molecule has 3 aromatic rings. The number of nitrogens with zero attached hydrogens (tertiary/aromatic N) is 1. The summed E-state index contributed by atoms with van der Waals surface area (Å²) in [5.74, 6) is -0.295. The minimum Gasteiger partial charge on any atom is -0.362 e. The number of alkyl halides is 3. The van der Waals surface area contributed by atoms with Crippen molar-refractivity contribution in [3.63, 3.8) is 0 Å². The van der Waals surface area contributed by atoms with Gasteiger partial charge >= 0.3 is 6.18 Å². The van der Waals surface area contributed by atoms with E-state index in [1.165, 1.54) is 12.3 Å². The maximum Gasteiger partial charge on any atom is 0.418 e. The molecule has 3 aromatic carbocycles. The van der Waals surface area contributed by atoms with E-state index < -0.39 is 11.7 Å². The largest absolute Gasteiger partial charge is 0.418 e. The topological polar surface area (TPSA) is 44.4 Å². The summed E-state index contributed by atoms with van der Waals surface area (Å²) in [5, 5.41) is 5.60. The Balaban J connectivity index is 1.45. The number of anilines is 3. The molecule has 0 atom stereocenters. The molecule has 0 unspecified atom stereocenters. The van der Waals surface area contributed by atoms with Crippen molar-refractivity contribution in [2.45, 2.75) is 19.3 Å². The summed E-state index contributed by atoms with van der Waals surface area (Å²) in [5.41, 5.74) is 3.54. The quantitative estimate of drug-likeness (QED) is 0.539. The Morgan fingerprint density at radius 1 is 0.935 bits per heavy atom. The third-order valence-corrected chi connectivity index (χ3v) is 5.58. The number of carbonyl (C=O) groups is 1. The normalized spacial score (nSPS) is 16.3. The molecule has 0 spiro atoms. The van der Waals surface area contributed by atoms with Gasteiger partial charge in [-0.3, -0.25) is 4.79 Å². The lowest BCUT2D eigenvalue weighted by molar-refractivity contribution is -0.137. The number of hydrogen-bond donors (Lipinski definition) is 2. The zero-order valence-electron chi connectivity index (χ0n) is 16.3. The number of fused-ring (bicyclic) bond motifs is 2. The van der Waals surface area contributed by atoms with Gasteiger partial charge < -0.3 is 15.5 Å². The van der Waals surface area contributed by atoms with Gasteiger partial charge in [-0.15, -0.1) is 0 Å². The standard InChI is InChI=1S/C24H18F3N3O/c25-24(26,27)20-11-17(28-12-19-18-7-3-4-8-21(18)29-23(19)31)9-10-22(20)30-13-15-5-1-2-6-16(15)14-30/h1-12,28H,13-14H2,(H,29,31)/b19-12+. The third kappa shape index (κ3) is 3.52. The van der Waals surface area contributed by atoms with Gasteiger partial charge in [-0.05, 0) is 35.4 Å². The summed E-state index contributed by atoms with van der Waals surface area (Å²) in [6.07, 6.45) is -3.06. The Labute approximate surface area is 177 Å². The molecule has 2 N–H and O–H groups in total. The van der Waals surface area contributed by atoms with Gasteiger partial charge in [0.15, 0.2) is 0 Å². The molecule has 2 aliphatic heterocycles. The predicted octanol–water partition coefficient (Wildman–Crippen LogP) is 5.63. The van der Waals surface area contributed by atoms with Gasteiger partial charge in [0, 0.05) is 41.9 Å². The van der Waals surface area contributed by atoms with Crippen molar-refractivity contribution in [2.24, 2.45) is 0 Å². The second kappa shape index (κ2) is 7.19. The molecule has 0 fully saturated rings. The minimum atomic E-state index is -4.51. The number of nitrogens with one attached hydrogen (secondary N) is 2. The van der Waals surface area contributed by atoms with E-state index in [0.29, 0.717) is 29.9 Å². The second-order valence-electron chi connectivity index (χ2n) is 7.56. The molecule has 156 valence electrons. The van der Waals surface area contributed by atoms with E-state index in [1.54, 1.807) is 35.2 Å². The average molecular weight is 421 g/mol. The highest BCUT2D eigenvalue weighted by atomic mass is 19.4. The van der Waals surface area contributed by atoms with Crippen LogP contribution in [0, 0.1) is 0 Å². The molecule has 1 amide bonds. The third-order valence-electron chi connectivity index (χ3n) is 5.58. The van der Waals surface area contributed by atoms with E-state index in [-0.39, 0.29) is 17.3 Å². The smallest absolute Gasteiger partial charge is 0.362 e. The zero-order valence-corrected chi connectivity index (χ0v) is 16.3. The Morgan fingerprint density at radius 2 is 1.61 bits per heavy atom. The first-order chi connectivity index (χ1) is 14.9. The highest BCUT2D eigenvalue weighted by molar-refractivity contribution is 6.31. The number of rotatable bonds is 3. The van der Waals surface area contributed by atoms with Gasteiger partial charge in [-0.1, -0.05) is 42.5 Å². The number of hydrogen-bond acceptors (Lipinski definition) is 3. The molecule has 0 bridgehead atoms. The first-order valence-corrected chi connectivity index (χ1v) is 9.80. The highest BCUT2D eigenvalue weighted by Crippen LogP contribution is 2.41. The lowest BCUT2D eigenvalue weighted by atomic mass is 10.1. The van der Waals surface area contributed by atoms with Gasteiger partial charge in [0.05, 0.1) is 11.1 Å². The molecule has 0 radical (unpaired) electrons. The summed E-state index contributed by atoms with van der Waals surface area (Å²) in [4.78, 5) is 13.9. The van der Waals surface area contributed by atoms with Crippen LogP contribution in [0.25, 0.3) is 5.57 Å². The van der Waals surface area contributed by atoms with Crippen LogP contribution >= 0.6 is 0 Å². The second-order valence-corrected chi connectivity index (χ2v) is 7.56. The SMILES string of the molecule is O=C1Nc2ccccc2/C1=C\Nc1ccc(N2Cc3ccccc3C2)c(C(F)(F)F)c1. The summed E-state index contributed by atoms with van der Waals surface area (Å²) in [6, 6.07) is 19.0. The Kier molecular flexibility index (Phi) is 4.46. The van der Waals surface area contributed by atoms with Crippen LogP contribution in [0.2, 0.25) is 0 Å². The number of amides is 1. The summed E-state index contributed by atoms with van der Waals surface area (Å²) < 4.78 is 41.6. The van der Waals surface area contributed by atoms with Crippen molar-refractivity contribution in [3.8, 4) is 0 Å². The fourth-order valence-electron chi connectivity index (χ4n) is 4.07. The highest BCUT2D eigenvalue weighted by Gasteiger charge is 2.36. The summed E-state index contributed by atoms with van der Waals surface area (Å²) in [6.45, 7) is 0.875. The van der Waals surface area contributed by atoms with Crippen LogP contribution in [-0.2, 0) is 24.1 Å². The molecule has 4 nitrogen and oxygen atoms in total. The molecule has 0 saturated carbocycles. The van der Waals surface area contributed by atoms with Gasteiger partial charge in [-0.2, -0.15) is 13.2 Å². The molecule has 2 heterocycles. The number of benzene rings is 3. The average Bonchev–Trinajstić information content (AvgIpc) is 3.31. The zero-order chi connectivity index (χ0) is 21.6. The van der Waals surface area contributed by atoms with E-state index in [2.05, 4.69) is 10.6 Å². The van der Waals surface area contributed by atoms with Crippen LogP contribution in [-0.4, -0.2) is 5.91 Å². The summed E-state index contributed by atoms with van der Waals surface area (Å²) in [7, 11) is 0. The van der Waals surface area contributed by atoms with E-state index in [1.807, 2.05) is 24.3 Å². The van der Waals surface area contributed by atoms with E-state index in [9.17, 15) is 18.0 Å². The molecular weight excluding hydrogens is 403 g/mol. The number of halogens is 3. The van der Waals surface area contributed by atoms with Crippen molar-refractivity contribution in [3.05, 3.63) is 95.2 Å². The molecule has 0 saturated heterocycles. The van der Waals surface area contributed by atoms with Crippen LogP contribution < -0.4 is 15.5 Å². The molecule has 31 heavy (non-hydrogen) atoms. The number of carbonyl (C=O) groups excluding carboxylic acids is 1. The molecule has 0 aromatic heterocycles. The van der Waals surface area contributed by atoms with Crippen molar-refractivity contribution in [1.82, 2.24) is 0 Å². The molecule has 7 heteroatoms. The lowest BCUT2D eigenvalue weighted by Gasteiger charge is -2.23. The van der Waals surface area contributed by atoms with Crippen molar-refractivity contribution >= 4 is 28.5 Å². The first kappa shape index (κ1) is 19.2. The van der Waals surface area contributed by atoms with Crippen LogP contribution in [0.4, 0.5) is 30.2 Å². The fraction of sp³-hybridized carbons (Fsp3) is 0.125. The molecule has 0 aliphatic carbocycles. The van der Waals surface area contributed by atoms with E-state index >= 15 is 0 Å². The van der Waals surface area contributed by atoms with Crippen LogP contribution in [0.5, 0.6) is 0 Å². The maximum atomic E-state index is 13.9. The first-order valence-electron chi connectivity index (χ1n) is 9.80. The predicted molar refractivity (Wildman–Crippen MR) is 114 cm³/mol. The van der Waals surface area contributed by atoms with Gasteiger partial charge in [0.1, 0.15) is 0 Å². The Bertz CT molecular complexity index is 1190. The lowest BCUT2D eigenvalue weighted by Crippen LogP contribution is -2.20. The molecular formula is C24H18F3N3O.